The molecule has 1 heterocycles. The molecule has 2 aromatic carbocycles. The van der Waals surface area contributed by atoms with Gasteiger partial charge in [-0.3, -0.25) is 4.79 Å². The number of hydrogen-bond acceptors (Lipinski definition) is 1. The van der Waals surface area contributed by atoms with Crippen LogP contribution in [0, 0.1) is 5.82 Å². The molecular weight excluding hydrogens is 243 g/mol. The van der Waals surface area contributed by atoms with Crippen LogP contribution in [0.5, 0.6) is 0 Å². The van der Waals surface area contributed by atoms with Crippen LogP contribution in [0.3, 0.4) is 0 Å². The molecule has 0 unspecified atom stereocenters. The SMILES string of the molecule is NC(=O)c1ccc(-c2ccc(F)cc2)c2cc[nH]c12. The molecule has 0 saturated heterocycles. The summed E-state index contributed by atoms with van der Waals surface area (Å²) in [4.78, 5) is 14.4. The number of halogens is 1. The molecule has 3 aromatic rings. The zero-order chi connectivity index (χ0) is 13.4. The Labute approximate surface area is 108 Å². The Balaban J connectivity index is 2.26. The Morgan fingerprint density at radius 3 is 2.47 bits per heavy atom. The summed E-state index contributed by atoms with van der Waals surface area (Å²) < 4.78 is 13.0. The van der Waals surface area contributed by atoms with Gasteiger partial charge in [-0.2, -0.15) is 0 Å². The van der Waals surface area contributed by atoms with Crippen molar-refractivity contribution in [2.75, 3.05) is 0 Å². The van der Waals surface area contributed by atoms with Crippen LogP contribution in [0.1, 0.15) is 10.4 Å². The first-order chi connectivity index (χ1) is 9.16. The number of nitrogens with one attached hydrogen (secondary N) is 1. The van der Waals surface area contributed by atoms with Gasteiger partial charge >= 0.3 is 0 Å². The smallest absolute Gasteiger partial charge is 0.250 e. The Morgan fingerprint density at radius 1 is 1.05 bits per heavy atom. The van der Waals surface area contributed by atoms with E-state index in [1.54, 1.807) is 24.4 Å². The highest BCUT2D eigenvalue weighted by Crippen LogP contribution is 2.30. The number of fused-ring (bicyclic) bond motifs is 1. The number of aromatic amines is 1. The first-order valence-electron chi connectivity index (χ1n) is 5.82. The molecule has 1 aromatic heterocycles. The summed E-state index contributed by atoms with van der Waals surface area (Å²) in [6.07, 6.45) is 1.75. The fourth-order valence-electron chi connectivity index (χ4n) is 2.24. The van der Waals surface area contributed by atoms with Crippen molar-refractivity contribution in [3.8, 4) is 11.1 Å². The molecule has 4 heteroatoms. The van der Waals surface area contributed by atoms with Crippen molar-refractivity contribution in [1.82, 2.24) is 4.98 Å². The van der Waals surface area contributed by atoms with Gasteiger partial charge in [-0.25, -0.2) is 4.39 Å². The summed E-state index contributed by atoms with van der Waals surface area (Å²) in [6.45, 7) is 0. The molecule has 19 heavy (non-hydrogen) atoms. The minimum absolute atomic E-state index is 0.275. The number of H-pyrrole nitrogens is 1. The van der Waals surface area contributed by atoms with Crippen LogP contribution in [-0.2, 0) is 0 Å². The molecule has 3 N–H and O–H groups in total. The summed E-state index contributed by atoms with van der Waals surface area (Å²) in [5.41, 5.74) is 8.31. The van der Waals surface area contributed by atoms with Crippen LogP contribution in [-0.4, -0.2) is 10.9 Å². The molecule has 0 spiro atoms. The lowest BCUT2D eigenvalue weighted by molar-refractivity contribution is 0.100. The number of nitrogens with two attached hydrogens (primary N) is 1. The molecular formula is C15H11FN2O. The second-order valence-corrected chi connectivity index (χ2v) is 4.30. The highest BCUT2D eigenvalue weighted by atomic mass is 19.1. The molecule has 0 atom stereocenters. The second kappa shape index (κ2) is 4.24. The van der Waals surface area contributed by atoms with Crippen molar-refractivity contribution in [2.45, 2.75) is 0 Å². The van der Waals surface area contributed by atoms with Crippen LogP contribution in [0.4, 0.5) is 4.39 Å². The number of primary amides is 1. The van der Waals surface area contributed by atoms with Crippen molar-refractivity contribution in [3.63, 3.8) is 0 Å². The molecule has 3 rings (SSSR count). The molecule has 0 aliphatic rings. The van der Waals surface area contributed by atoms with Gasteiger partial charge in [0.1, 0.15) is 5.82 Å². The van der Waals surface area contributed by atoms with Crippen molar-refractivity contribution in [2.24, 2.45) is 5.73 Å². The first kappa shape index (κ1) is 11.5. The number of carbonyl (C=O) groups excluding carboxylic acids is 1. The minimum Gasteiger partial charge on any atom is -0.366 e. The molecule has 3 nitrogen and oxygen atoms in total. The van der Waals surface area contributed by atoms with E-state index < -0.39 is 5.91 Å². The number of aromatic nitrogens is 1. The van der Waals surface area contributed by atoms with Crippen LogP contribution in [0.25, 0.3) is 22.0 Å². The summed E-state index contributed by atoms with van der Waals surface area (Å²) in [7, 11) is 0. The van der Waals surface area contributed by atoms with E-state index in [1.807, 2.05) is 12.1 Å². The Hall–Kier alpha value is -2.62. The highest BCUT2D eigenvalue weighted by molar-refractivity contribution is 6.09. The number of hydrogen-bond donors (Lipinski definition) is 2. The first-order valence-corrected chi connectivity index (χ1v) is 5.82. The van der Waals surface area contributed by atoms with E-state index in [2.05, 4.69) is 4.98 Å². The van der Waals surface area contributed by atoms with Crippen LogP contribution in [0.15, 0.2) is 48.7 Å². The van der Waals surface area contributed by atoms with E-state index >= 15 is 0 Å². The third-order valence-corrected chi connectivity index (χ3v) is 3.14. The summed E-state index contributed by atoms with van der Waals surface area (Å²) >= 11 is 0. The molecule has 0 aliphatic heterocycles. The van der Waals surface area contributed by atoms with E-state index in [0.29, 0.717) is 11.1 Å². The van der Waals surface area contributed by atoms with Gasteiger partial charge in [0, 0.05) is 11.6 Å². The standard InChI is InChI=1S/C15H11FN2O/c16-10-3-1-9(2-4-10)11-5-6-13(15(17)19)14-12(11)7-8-18-14/h1-8,18H,(H2,17,19). The molecule has 1 amide bonds. The molecule has 0 aliphatic carbocycles. The van der Waals surface area contributed by atoms with Gasteiger partial charge in [-0.15, -0.1) is 0 Å². The van der Waals surface area contributed by atoms with Gasteiger partial charge in [0.25, 0.3) is 5.91 Å². The topological polar surface area (TPSA) is 58.9 Å². The quantitative estimate of drug-likeness (QED) is 0.725. The monoisotopic (exact) mass is 254 g/mol. The van der Waals surface area contributed by atoms with Crippen molar-refractivity contribution in [1.29, 1.82) is 0 Å². The average Bonchev–Trinajstić information content (AvgIpc) is 2.87. The maximum absolute atomic E-state index is 13.0. The largest absolute Gasteiger partial charge is 0.366 e. The second-order valence-electron chi connectivity index (χ2n) is 4.30. The highest BCUT2D eigenvalue weighted by Gasteiger charge is 2.11. The van der Waals surface area contributed by atoms with E-state index in [4.69, 9.17) is 5.73 Å². The third-order valence-electron chi connectivity index (χ3n) is 3.14. The lowest BCUT2D eigenvalue weighted by Gasteiger charge is -2.06. The summed E-state index contributed by atoms with van der Waals surface area (Å²) in [5.74, 6) is -0.749. The molecule has 0 saturated carbocycles. The Morgan fingerprint density at radius 2 is 1.79 bits per heavy atom. The average molecular weight is 254 g/mol. The zero-order valence-electron chi connectivity index (χ0n) is 9.98. The molecule has 94 valence electrons. The predicted molar refractivity (Wildman–Crippen MR) is 72.2 cm³/mol. The maximum atomic E-state index is 13.0. The summed E-state index contributed by atoms with van der Waals surface area (Å²) in [5, 5.41) is 0.892. The number of amides is 1. The zero-order valence-corrected chi connectivity index (χ0v) is 9.98. The number of rotatable bonds is 2. The fourth-order valence-corrected chi connectivity index (χ4v) is 2.24. The maximum Gasteiger partial charge on any atom is 0.250 e. The normalized spacial score (nSPS) is 10.8. The molecule has 0 fully saturated rings. The van der Waals surface area contributed by atoms with Crippen molar-refractivity contribution in [3.05, 3.63) is 60.0 Å². The number of benzene rings is 2. The van der Waals surface area contributed by atoms with Crippen molar-refractivity contribution < 1.29 is 9.18 Å². The predicted octanol–water partition coefficient (Wildman–Crippen LogP) is 3.07. The summed E-state index contributed by atoms with van der Waals surface area (Å²) in [6, 6.07) is 11.6. The van der Waals surface area contributed by atoms with Gasteiger partial charge in [-0.05, 0) is 35.4 Å². The van der Waals surface area contributed by atoms with Gasteiger partial charge in [-0.1, -0.05) is 18.2 Å². The lowest BCUT2D eigenvalue weighted by atomic mass is 9.99. The number of carbonyl (C=O) groups is 1. The van der Waals surface area contributed by atoms with Crippen LogP contribution in [0.2, 0.25) is 0 Å². The van der Waals surface area contributed by atoms with Gasteiger partial charge in [0.15, 0.2) is 0 Å². The Kier molecular flexibility index (Phi) is 2.56. The van der Waals surface area contributed by atoms with Crippen LogP contribution >= 0.6 is 0 Å². The molecule has 0 radical (unpaired) electrons. The van der Waals surface area contributed by atoms with E-state index in [-0.39, 0.29) is 5.82 Å². The van der Waals surface area contributed by atoms with Crippen LogP contribution < -0.4 is 5.73 Å². The third kappa shape index (κ3) is 1.87. The Bertz CT molecular complexity index is 759. The minimum atomic E-state index is -0.474. The van der Waals surface area contributed by atoms with Gasteiger partial charge < -0.3 is 10.7 Å². The van der Waals surface area contributed by atoms with E-state index in [9.17, 15) is 9.18 Å². The van der Waals surface area contributed by atoms with E-state index in [0.717, 1.165) is 16.5 Å². The van der Waals surface area contributed by atoms with E-state index in [1.165, 1.54) is 12.1 Å². The fraction of sp³-hybridized carbons (Fsp3) is 0. The lowest BCUT2D eigenvalue weighted by Crippen LogP contribution is -2.11. The molecule has 0 bridgehead atoms. The van der Waals surface area contributed by atoms with Gasteiger partial charge in [0.2, 0.25) is 0 Å². The van der Waals surface area contributed by atoms with Crippen molar-refractivity contribution >= 4 is 16.8 Å². The van der Waals surface area contributed by atoms with Gasteiger partial charge in [0.05, 0.1) is 11.1 Å².